The standard InChI is InChI=1S/C17H18Cl2N6.C2H6/c18-13-2-1-12(14(19)9-13)11-21-16-10-17(24-7-5-20-6-8-24)23-15-3-4-22-25(15)16;1-2/h1-4,9-10,20-21H,5-8,11H2;1-2H3. The molecule has 0 bridgehead atoms. The van der Waals surface area contributed by atoms with E-state index in [0.717, 1.165) is 49.0 Å². The molecule has 1 aromatic carbocycles. The average molecular weight is 407 g/mol. The van der Waals surface area contributed by atoms with Crippen LogP contribution in [0.15, 0.2) is 36.5 Å². The molecule has 3 heterocycles. The summed E-state index contributed by atoms with van der Waals surface area (Å²) in [6.07, 6.45) is 1.75. The van der Waals surface area contributed by atoms with Crippen molar-refractivity contribution in [3.8, 4) is 0 Å². The van der Waals surface area contributed by atoms with Crippen LogP contribution in [0, 0.1) is 0 Å². The van der Waals surface area contributed by atoms with Crippen LogP contribution >= 0.6 is 23.2 Å². The summed E-state index contributed by atoms with van der Waals surface area (Å²) < 4.78 is 1.80. The van der Waals surface area contributed by atoms with Crippen molar-refractivity contribution in [2.45, 2.75) is 20.4 Å². The molecule has 1 fully saturated rings. The van der Waals surface area contributed by atoms with E-state index in [-0.39, 0.29) is 0 Å². The predicted octanol–water partition coefficient (Wildman–Crippen LogP) is 4.08. The fourth-order valence-corrected chi connectivity index (χ4v) is 3.41. The van der Waals surface area contributed by atoms with E-state index in [1.165, 1.54) is 0 Å². The van der Waals surface area contributed by atoms with Gasteiger partial charge < -0.3 is 15.5 Å². The van der Waals surface area contributed by atoms with E-state index in [1.54, 1.807) is 16.8 Å². The van der Waals surface area contributed by atoms with E-state index in [2.05, 4.69) is 20.6 Å². The Labute approximate surface area is 169 Å². The first kappa shape index (κ1) is 19.7. The lowest BCUT2D eigenvalue weighted by Crippen LogP contribution is -2.44. The van der Waals surface area contributed by atoms with Gasteiger partial charge in [-0.15, -0.1) is 0 Å². The molecular weight excluding hydrogens is 383 g/mol. The Balaban J connectivity index is 0.00000102. The topological polar surface area (TPSA) is 57.5 Å². The van der Waals surface area contributed by atoms with Crippen LogP contribution in [0.4, 0.5) is 11.6 Å². The number of anilines is 2. The molecule has 6 nitrogen and oxygen atoms in total. The Morgan fingerprint density at radius 3 is 2.63 bits per heavy atom. The number of rotatable bonds is 4. The summed E-state index contributed by atoms with van der Waals surface area (Å²) in [4.78, 5) is 7.00. The summed E-state index contributed by atoms with van der Waals surface area (Å²) in [6, 6.07) is 9.46. The molecule has 0 spiro atoms. The van der Waals surface area contributed by atoms with Crippen LogP contribution in [0.2, 0.25) is 10.0 Å². The normalized spacial score (nSPS) is 14.0. The number of piperazine rings is 1. The van der Waals surface area contributed by atoms with Gasteiger partial charge in [-0.1, -0.05) is 43.1 Å². The molecule has 1 aliphatic rings. The number of aromatic nitrogens is 3. The highest BCUT2D eigenvalue weighted by molar-refractivity contribution is 6.35. The molecule has 144 valence electrons. The summed E-state index contributed by atoms with van der Waals surface area (Å²) >= 11 is 12.2. The Hall–Kier alpha value is -2.02. The Bertz CT molecular complexity index is 889. The molecule has 3 aromatic rings. The van der Waals surface area contributed by atoms with Crippen molar-refractivity contribution in [1.82, 2.24) is 19.9 Å². The molecule has 4 rings (SSSR count). The van der Waals surface area contributed by atoms with E-state index in [1.807, 2.05) is 38.1 Å². The summed E-state index contributed by atoms with van der Waals surface area (Å²) in [7, 11) is 0. The van der Waals surface area contributed by atoms with Crippen LogP contribution in [0.3, 0.4) is 0 Å². The Morgan fingerprint density at radius 2 is 1.89 bits per heavy atom. The molecule has 2 N–H and O–H groups in total. The van der Waals surface area contributed by atoms with Crippen LogP contribution in [0.25, 0.3) is 5.65 Å². The second kappa shape index (κ2) is 9.26. The van der Waals surface area contributed by atoms with Crippen molar-refractivity contribution < 1.29 is 0 Å². The summed E-state index contributed by atoms with van der Waals surface area (Å²) in [6.45, 7) is 8.40. The number of hydrogen-bond acceptors (Lipinski definition) is 5. The molecule has 1 saturated heterocycles. The van der Waals surface area contributed by atoms with E-state index in [4.69, 9.17) is 28.2 Å². The number of nitrogens with one attached hydrogen (secondary N) is 2. The molecule has 1 aliphatic heterocycles. The molecule has 2 aromatic heterocycles. The largest absolute Gasteiger partial charge is 0.366 e. The van der Waals surface area contributed by atoms with E-state index in [9.17, 15) is 0 Å². The third-order valence-corrected chi connectivity index (χ3v) is 4.85. The number of hydrogen-bond donors (Lipinski definition) is 2. The fourth-order valence-electron chi connectivity index (χ4n) is 2.93. The summed E-state index contributed by atoms with van der Waals surface area (Å²) in [5, 5.41) is 12.4. The minimum atomic E-state index is 0.579. The second-order valence-corrected chi connectivity index (χ2v) is 6.77. The second-order valence-electron chi connectivity index (χ2n) is 5.93. The van der Waals surface area contributed by atoms with Gasteiger partial charge >= 0.3 is 0 Å². The zero-order valence-corrected chi connectivity index (χ0v) is 17.1. The minimum absolute atomic E-state index is 0.579. The van der Waals surface area contributed by atoms with Crippen molar-refractivity contribution >= 4 is 40.5 Å². The van der Waals surface area contributed by atoms with Gasteiger partial charge in [-0.05, 0) is 17.7 Å². The first-order valence-corrected chi connectivity index (χ1v) is 9.94. The molecule has 0 aliphatic carbocycles. The SMILES string of the molecule is CC.Clc1ccc(CNc2cc(N3CCNCC3)nc3ccnn23)c(Cl)c1. The molecule has 27 heavy (non-hydrogen) atoms. The monoisotopic (exact) mass is 406 g/mol. The molecule has 0 unspecified atom stereocenters. The molecule has 0 saturated carbocycles. The minimum Gasteiger partial charge on any atom is -0.366 e. The summed E-state index contributed by atoms with van der Waals surface area (Å²) in [5.74, 6) is 1.84. The lowest BCUT2D eigenvalue weighted by Gasteiger charge is -2.28. The first-order valence-electron chi connectivity index (χ1n) is 9.19. The number of nitrogens with zero attached hydrogens (tertiary/aromatic N) is 4. The third-order valence-electron chi connectivity index (χ3n) is 4.26. The van der Waals surface area contributed by atoms with Gasteiger partial charge in [0.2, 0.25) is 0 Å². The van der Waals surface area contributed by atoms with E-state index in [0.29, 0.717) is 16.6 Å². The van der Waals surface area contributed by atoms with Gasteiger partial charge in [-0.3, -0.25) is 0 Å². The molecule has 0 amide bonds. The van der Waals surface area contributed by atoms with Crippen molar-refractivity contribution in [2.24, 2.45) is 0 Å². The molecule has 8 heteroatoms. The van der Waals surface area contributed by atoms with Crippen molar-refractivity contribution in [3.63, 3.8) is 0 Å². The van der Waals surface area contributed by atoms with Gasteiger partial charge in [-0.2, -0.15) is 9.61 Å². The Kier molecular flexibility index (Phi) is 6.77. The predicted molar refractivity (Wildman–Crippen MR) is 113 cm³/mol. The maximum absolute atomic E-state index is 6.27. The van der Waals surface area contributed by atoms with Crippen molar-refractivity contribution in [2.75, 3.05) is 36.4 Å². The van der Waals surface area contributed by atoms with Crippen LogP contribution in [0.5, 0.6) is 0 Å². The lowest BCUT2D eigenvalue weighted by atomic mass is 10.2. The highest BCUT2D eigenvalue weighted by Gasteiger charge is 2.15. The van der Waals surface area contributed by atoms with Gasteiger partial charge in [0.15, 0.2) is 5.65 Å². The lowest BCUT2D eigenvalue weighted by molar-refractivity contribution is 0.585. The van der Waals surface area contributed by atoms with Crippen LogP contribution in [0.1, 0.15) is 19.4 Å². The third kappa shape index (κ3) is 4.64. The van der Waals surface area contributed by atoms with Crippen LogP contribution in [-0.4, -0.2) is 40.8 Å². The summed E-state index contributed by atoms with van der Waals surface area (Å²) in [5.41, 5.74) is 1.80. The van der Waals surface area contributed by atoms with Crippen LogP contribution in [-0.2, 0) is 6.54 Å². The van der Waals surface area contributed by atoms with Crippen LogP contribution < -0.4 is 15.5 Å². The van der Waals surface area contributed by atoms with Gasteiger partial charge in [-0.25, -0.2) is 4.98 Å². The van der Waals surface area contributed by atoms with Gasteiger partial charge in [0.05, 0.1) is 6.20 Å². The molecule has 0 radical (unpaired) electrons. The number of benzene rings is 1. The maximum Gasteiger partial charge on any atom is 0.159 e. The van der Waals surface area contributed by atoms with Crippen molar-refractivity contribution in [3.05, 3.63) is 52.1 Å². The fraction of sp³-hybridized carbons (Fsp3) is 0.368. The average Bonchev–Trinajstić information content (AvgIpc) is 3.18. The highest BCUT2D eigenvalue weighted by atomic mass is 35.5. The number of halogens is 2. The highest BCUT2D eigenvalue weighted by Crippen LogP contribution is 2.24. The Morgan fingerprint density at radius 1 is 1.11 bits per heavy atom. The quantitative estimate of drug-likeness (QED) is 0.683. The van der Waals surface area contributed by atoms with Gasteiger partial charge in [0.25, 0.3) is 0 Å². The van der Waals surface area contributed by atoms with E-state index >= 15 is 0 Å². The number of fused-ring (bicyclic) bond motifs is 1. The zero-order chi connectivity index (χ0) is 19.2. The molecule has 0 atom stereocenters. The first-order chi connectivity index (χ1) is 13.2. The zero-order valence-electron chi connectivity index (χ0n) is 15.5. The smallest absolute Gasteiger partial charge is 0.159 e. The van der Waals surface area contributed by atoms with E-state index < -0.39 is 0 Å². The van der Waals surface area contributed by atoms with Crippen molar-refractivity contribution in [1.29, 1.82) is 0 Å². The molecular formula is C19H24Cl2N6. The van der Waals surface area contributed by atoms with Gasteiger partial charge in [0.1, 0.15) is 11.6 Å². The maximum atomic E-state index is 6.27. The van der Waals surface area contributed by atoms with Gasteiger partial charge in [0, 0.05) is 54.9 Å².